The van der Waals surface area contributed by atoms with Crippen LogP contribution in [0.4, 0.5) is 0 Å². The average molecular weight is 451 g/mol. The molecule has 0 radical (unpaired) electrons. The third kappa shape index (κ3) is 2.94. The second kappa shape index (κ2) is 6.82. The van der Waals surface area contributed by atoms with Gasteiger partial charge in [-0.2, -0.15) is 8.42 Å². The van der Waals surface area contributed by atoms with E-state index in [0.717, 1.165) is 10.1 Å². The molecule has 4 heterocycles. The van der Waals surface area contributed by atoms with Crippen LogP contribution in [-0.2, 0) is 30.4 Å². The normalized spacial score (nSPS) is 35.7. The van der Waals surface area contributed by atoms with Crippen LogP contribution in [0.1, 0.15) is 17.4 Å². The minimum absolute atomic E-state index is 0.0658. The van der Waals surface area contributed by atoms with E-state index in [4.69, 9.17) is 13.7 Å². The van der Waals surface area contributed by atoms with Crippen molar-refractivity contribution >= 4 is 10.1 Å². The second-order valence-electron chi connectivity index (χ2n) is 8.00. The summed E-state index contributed by atoms with van der Waals surface area (Å²) in [7, 11) is -4.07. The highest BCUT2D eigenvalue weighted by Crippen LogP contribution is 2.54. The summed E-state index contributed by atoms with van der Waals surface area (Å²) in [6, 6.07) is 9.15. The first kappa shape index (κ1) is 20.5. The zero-order chi connectivity index (χ0) is 22.0. The van der Waals surface area contributed by atoms with Gasteiger partial charge in [-0.25, -0.2) is 4.79 Å². The summed E-state index contributed by atoms with van der Waals surface area (Å²) in [6.07, 6.45) is -2.51. The SMILES string of the molecule is Cc1cn([C@@H]2O[C@@H]3CN[C@@]4(OCc5ccccc5)CS(=O)(=O)O[C@@]34[C@H]2O)c(=O)[nH]c1=O. The molecule has 0 unspecified atom stereocenters. The van der Waals surface area contributed by atoms with Crippen LogP contribution in [0.25, 0.3) is 0 Å². The van der Waals surface area contributed by atoms with Crippen molar-refractivity contribution in [3.05, 3.63) is 68.5 Å². The highest BCUT2D eigenvalue weighted by molar-refractivity contribution is 7.87. The number of hydrogen-bond donors (Lipinski definition) is 3. The molecule has 5 rings (SSSR count). The predicted octanol–water partition coefficient (Wildman–Crippen LogP) is -1.28. The van der Waals surface area contributed by atoms with Gasteiger partial charge in [-0.05, 0) is 12.5 Å². The Kier molecular flexibility index (Phi) is 4.52. The monoisotopic (exact) mass is 451 g/mol. The standard InChI is InChI=1S/C19H21N3O8S/c1-11-8-22(17(25)21-15(11)24)16-14(23)19-13(29-16)7-20-18(19,10-31(26,27)30-19)28-9-12-5-3-2-4-6-12/h2-6,8,13-14,16,20,23H,7,9-10H2,1H3,(H,21,24,25)/t13-,14+,16-,18-,19-/m1/s1. The van der Waals surface area contributed by atoms with Crippen molar-refractivity contribution < 1.29 is 27.2 Å². The maximum Gasteiger partial charge on any atom is 0.330 e. The Morgan fingerprint density at radius 1 is 1.29 bits per heavy atom. The molecule has 11 nitrogen and oxygen atoms in total. The van der Waals surface area contributed by atoms with Crippen LogP contribution < -0.4 is 16.6 Å². The molecule has 5 atom stereocenters. The number of aryl methyl sites for hydroxylation is 1. The number of hydrogen-bond acceptors (Lipinski definition) is 9. The van der Waals surface area contributed by atoms with Crippen LogP contribution in [0.5, 0.6) is 0 Å². The number of aromatic amines is 1. The van der Waals surface area contributed by atoms with E-state index in [1.807, 2.05) is 30.3 Å². The van der Waals surface area contributed by atoms with E-state index in [9.17, 15) is 23.1 Å². The Morgan fingerprint density at radius 3 is 2.77 bits per heavy atom. The first-order chi connectivity index (χ1) is 14.7. The number of benzene rings is 1. The number of ether oxygens (including phenoxy) is 2. The van der Waals surface area contributed by atoms with Gasteiger partial charge in [0, 0.05) is 18.3 Å². The Morgan fingerprint density at radius 2 is 2.03 bits per heavy atom. The van der Waals surface area contributed by atoms with Gasteiger partial charge < -0.3 is 14.6 Å². The Hall–Kier alpha value is -2.35. The van der Waals surface area contributed by atoms with E-state index in [1.54, 1.807) is 0 Å². The van der Waals surface area contributed by atoms with Gasteiger partial charge in [0.15, 0.2) is 17.6 Å². The Bertz CT molecular complexity index is 1240. The molecule has 1 aromatic carbocycles. The quantitative estimate of drug-likeness (QED) is 0.483. The summed E-state index contributed by atoms with van der Waals surface area (Å²) in [5.74, 6) is -0.532. The van der Waals surface area contributed by atoms with E-state index < -0.39 is 56.9 Å². The maximum absolute atomic E-state index is 12.5. The fourth-order valence-electron chi connectivity index (χ4n) is 4.64. The zero-order valence-electron chi connectivity index (χ0n) is 16.5. The third-order valence-electron chi connectivity index (χ3n) is 6.09. The maximum atomic E-state index is 12.5. The van der Waals surface area contributed by atoms with Crippen molar-refractivity contribution in [2.24, 2.45) is 0 Å². The molecule has 0 saturated carbocycles. The lowest BCUT2D eigenvalue weighted by molar-refractivity contribution is -0.177. The smallest absolute Gasteiger partial charge is 0.330 e. The molecule has 0 bridgehead atoms. The fraction of sp³-hybridized carbons (Fsp3) is 0.474. The van der Waals surface area contributed by atoms with Crippen LogP contribution in [-0.4, -0.2) is 58.9 Å². The lowest BCUT2D eigenvalue weighted by Crippen LogP contribution is -2.64. The highest BCUT2D eigenvalue weighted by atomic mass is 32.2. The molecular formula is C19H21N3O8S. The Balaban J connectivity index is 1.55. The lowest BCUT2D eigenvalue weighted by Gasteiger charge is -2.38. The number of aromatic nitrogens is 2. The molecule has 1 spiro atoms. The van der Waals surface area contributed by atoms with Crippen LogP contribution >= 0.6 is 0 Å². The second-order valence-corrected chi connectivity index (χ2v) is 9.57. The molecule has 3 saturated heterocycles. The largest absolute Gasteiger partial charge is 0.385 e. The van der Waals surface area contributed by atoms with E-state index in [1.165, 1.54) is 13.1 Å². The van der Waals surface area contributed by atoms with Crippen molar-refractivity contribution in [1.82, 2.24) is 14.9 Å². The van der Waals surface area contributed by atoms with Gasteiger partial charge in [-0.3, -0.25) is 23.8 Å². The van der Waals surface area contributed by atoms with Gasteiger partial charge in [-0.15, -0.1) is 0 Å². The van der Waals surface area contributed by atoms with Crippen LogP contribution in [0.3, 0.4) is 0 Å². The minimum atomic E-state index is -4.07. The number of rotatable bonds is 4. The molecule has 31 heavy (non-hydrogen) atoms. The number of nitrogens with one attached hydrogen (secondary N) is 2. The van der Waals surface area contributed by atoms with Gasteiger partial charge in [-0.1, -0.05) is 30.3 Å². The van der Waals surface area contributed by atoms with Gasteiger partial charge >= 0.3 is 5.69 Å². The van der Waals surface area contributed by atoms with Gasteiger partial charge in [0.25, 0.3) is 15.7 Å². The summed E-state index contributed by atoms with van der Waals surface area (Å²) >= 11 is 0. The molecule has 3 fully saturated rings. The summed E-state index contributed by atoms with van der Waals surface area (Å²) in [4.78, 5) is 26.2. The number of aliphatic hydroxyl groups is 1. The summed E-state index contributed by atoms with van der Waals surface area (Å²) < 4.78 is 43.5. The van der Waals surface area contributed by atoms with Gasteiger partial charge in [0.05, 0.1) is 6.61 Å². The number of nitrogens with zero attached hydrogens (tertiary/aromatic N) is 1. The summed E-state index contributed by atoms with van der Waals surface area (Å²) in [5.41, 5.74) is -3.70. The first-order valence-corrected chi connectivity index (χ1v) is 11.3. The molecule has 3 aliphatic heterocycles. The van der Waals surface area contributed by atoms with Crippen molar-refractivity contribution in [3.63, 3.8) is 0 Å². The third-order valence-corrected chi connectivity index (χ3v) is 7.38. The molecule has 3 aliphatic rings. The van der Waals surface area contributed by atoms with E-state index in [-0.39, 0.29) is 18.7 Å². The Labute approximate surface area is 176 Å². The molecule has 3 N–H and O–H groups in total. The molecule has 2 aromatic rings. The van der Waals surface area contributed by atoms with E-state index in [0.29, 0.717) is 0 Å². The molecule has 1 aromatic heterocycles. The predicted molar refractivity (Wildman–Crippen MR) is 106 cm³/mol. The van der Waals surface area contributed by atoms with Gasteiger partial charge in [0.2, 0.25) is 0 Å². The summed E-state index contributed by atoms with van der Waals surface area (Å²) in [5, 5.41) is 14.3. The van der Waals surface area contributed by atoms with Crippen LogP contribution in [0.2, 0.25) is 0 Å². The van der Waals surface area contributed by atoms with Crippen LogP contribution in [0, 0.1) is 6.92 Å². The molecule has 0 aliphatic carbocycles. The minimum Gasteiger partial charge on any atom is -0.385 e. The van der Waals surface area contributed by atoms with Crippen LogP contribution in [0.15, 0.2) is 46.1 Å². The zero-order valence-corrected chi connectivity index (χ0v) is 17.3. The first-order valence-electron chi connectivity index (χ1n) is 9.69. The lowest BCUT2D eigenvalue weighted by atomic mass is 9.85. The van der Waals surface area contributed by atoms with Gasteiger partial charge in [0.1, 0.15) is 18.0 Å². The van der Waals surface area contributed by atoms with E-state index in [2.05, 4.69) is 10.3 Å². The van der Waals surface area contributed by atoms with Crippen molar-refractivity contribution in [2.45, 2.75) is 43.3 Å². The van der Waals surface area contributed by atoms with Crippen molar-refractivity contribution in [3.8, 4) is 0 Å². The molecular weight excluding hydrogens is 430 g/mol. The molecule has 12 heteroatoms. The summed E-state index contributed by atoms with van der Waals surface area (Å²) in [6.45, 7) is 1.70. The molecule has 0 amide bonds. The highest BCUT2D eigenvalue weighted by Gasteiger charge is 2.79. The van der Waals surface area contributed by atoms with E-state index >= 15 is 0 Å². The topological polar surface area (TPSA) is 149 Å². The molecule has 166 valence electrons. The fourth-order valence-corrected chi connectivity index (χ4v) is 6.37. The number of H-pyrrole nitrogens is 1. The van der Waals surface area contributed by atoms with Crippen molar-refractivity contribution in [2.75, 3.05) is 12.3 Å². The number of aliphatic hydroxyl groups excluding tert-OH is 1. The van der Waals surface area contributed by atoms with Crippen molar-refractivity contribution in [1.29, 1.82) is 0 Å². The average Bonchev–Trinajstić information content (AvgIpc) is 3.25.